The molecule has 3 rings (SSSR count). The van der Waals surface area contributed by atoms with Crippen molar-refractivity contribution in [2.45, 2.75) is 33.2 Å². The van der Waals surface area contributed by atoms with Crippen LogP contribution < -0.4 is 14.8 Å². The van der Waals surface area contributed by atoms with Crippen LogP contribution in [0.3, 0.4) is 0 Å². The Hall–Kier alpha value is -2.53. The van der Waals surface area contributed by atoms with Gasteiger partial charge in [0.05, 0.1) is 13.7 Å². The first-order valence-corrected chi connectivity index (χ1v) is 10.5. The average molecular weight is 397 g/mol. The van der Waals surface area contributed by atoms with E-state index in [1.165, 1.54) is 5.56 Å². The molecule has 1 fully saturated rings. The molecular weight excluding hydrogens is 364 g/mol. The first kappa shape index (κ1) is 21.2. The standard InChI is InChI=1S/C24H32N2O3/c1-4-29-23-10-7-21(15-18(23)2)24(27)25-16-19-11-13-26(14-12-19)17-20-5-8-22(28-3)9-6-20/h5-10,15,19H,4,11-14,16-17H2,1-3H3,(H,25,27). The van der Waals surface area contributed by atoms with Crippen LogP contribution in [0, 0.1) is 12.8 Å². The molecule has 0 aromatic heterocycles. The van der Waals surface area contributed by atoms with Crippen molar-refractivity contribution in [3.8, 4) is 11.5 Å². The van der Waals surface area contributed by atoms with Crippen molar-refractivity contribution < 1.29 is 14.3 Å². The van der Waals surface area contributed by atoms with Crippen molar-refractivity contribution in [2.75, 3.05) is 33.4 Å². The van der Waals surface area contributed by atoms with Crippen molar-refractivity contribution in [3.05, 3.63) is 59.2 Å². The van der Waals surface area contributed by atoms with Crippen LogP contribution in [0.4, 0.5) is 0 Å². The van der Waals surface area contributed by atoms with E-state index in [2.05, 4.69) is 22.3 Å². The molecule has 5 heteroatoms. The lowest BCUT2D eigenvalue weighted by molar-refractivity contribution is 0.0935. The third-order valence-electron chi connectivity index (χ3n) is 5.56. The summed E-state index contributed by atoms with van der Waals surface area (Å²) in [4.78, 5) is 15.0. The molecule has 1 aliphatic heterocycles. The SMILES string of the molecule is CCOc1ccc(C(=O)NCC2CCN(Cc3ccc(OC)cc3)CC2)cc1C. The number of rotatable bonds is 8. The number of amides is 1. The summed E-state index contributed by atoms with van der Waals surface area (Å²) in [6.45, 7) is 8.39. The van der Waals surface area contributed by atoms with E-state index in [0.717, 1.165) is 56.1 Å². The van der Waals surface area contributed by atoms with E-state index in [4.69, 9.17) is 9.47 Å². The highest BCUT2D eigenvalue weighted by Gasteiger charge is 2.20. The highest BCUT2D eigenvalue weighted by atomic mass is 16.5. The summed E-state index contributed by atoms with van der Waals surface area (Å²) in [6.07, 6.45) is 2.22. The Balaban J connectivity index is 1.42. The number of carbonyl (C=O) groups excluding carboxylic acids is 1. The van der Waals surface area contributed by atoms with Gasteiger partial charge in [-0.25, -0.2) is 0 Å². The van der Waals surface area contributed by atoms with E-state index in [0.29, 0.717) is 18.1 Å². The van der Waals surface area contributed by atoms with Gasteiger partial charge in [-0.15, -0.1) is 0 Å². The predicted octanol–water partition coefficient (Wildman–Crippen LogP) is 4.04. The highest BCUT2D eigenvalue weighted by Crippen LogP contribution is 2.21. The van der Waals surface area contributed by atoms with Gasteiger partial charge in [0.2, 0.25) is 0 Å². The number of carbonyl (C=O) groups is 1. The molecule has 0 atom stereocenters. The van der Waals surface area contributed by atoms with Crippen LogP contribution in [0.25, 0.3) is 0 Å². The van der Waals surface area contributed by atoms with Gasteiger partial charge in [-0.3, -0.25) is 9.69 Å². The largest absolute Gasteiger partial charge is 0.497 e. The van der Waals surface area contributed by atoms with Gasteiger partial charge < -0.3 is 14.8 Å². The van der Waals surface area contributed by atoms with Gasteiger partial charge in [0.15, 0.2) is 0 Å². The number of benzene rings is 2. The summed E-state index contributed by atoms with van der Waals surface area (Å²) in [5, 5.41) is 3.11. The van der Waals surface area contributed by atoms with Crippen LogP contribution in [-0.4, -0.2) is 44.2 Å². The first-order valence-electron chi connectivity index (χ1n) is 10.5. The van der Waals surface area contributed by atoms with Crippen molar-refractivity contribution in [1.29, 1.82) is 0 Å². The van der Waals surface area contributed by atoms with Crippen molar-refractivity contribution >= 4 is 5.91 Å². The van der Waals surface area contributed by atoms with E-state index in [9.17, 15) is 4.79 Å². The van der Waals surface area contributed by atoms with Gasteiger partial charge in [0.1, 0.15) is 11.5 Å². The predicted molar refractivity (Wildman–Crippen MR) is 116 cm³/mol. The average Bonchev–Trinajstić information content (AvgIpc) is 2.75. The summed E-state index contributed by atoms with van der Waals surface area (Å²) in [7, 11) is 1.69. The molecule has 0 radical (unpaired) electrons. The van der Waals surface area contributed by atoms with Crippen LogP contribution in [0.2, 0.25) is 0 Å². The lowest BCUT2D eigenvalue weighted by Crippen LogP contribution is -2.38. The molecule has 1 aliphatic rings. The lowest BCUT2D eigenvalue weighted by atomic mass is 9.96. The van der Waals surface area contributed by atoms with Crippen LogP contribution >= 0.6 is 0 Å². The van der Waals surface area contributed by atoms with E-state index >= 15 is 0 Å². The third kappa shape index (κ3) is 5.97. The molecule has 2 aromatic rings. The molecule has 1 N–H and O–H groups in total. The Bertz CT molecular complexity index is 796. The second kappa shape index (κ2) is 10.3. The van der Waals surface area contributed by atoms with Gasteiger partial charge in [-0.1, -0.05) is 12.1 Å². The first-order chi connectivity index (χ1) is 14.1. The molecule has 1 amide bonds. The molecule has 5 nitrogen and oxygen atoms in total. The number of nitrogens with one attached hydrogen (secondary N) is 1. The quantitative estimate of drug-likeness (QED) is 0.732. The third-order valence-corrected chi connectivity index (χ3v) is 5.56. The number of likely N-dealkylation sites (tertiary alicyclic amines) is 1. The van der Waals surface area contributed by atoms with Crippen molar-refractivity contribution in [2.24, 2.45) is 5.92 Å². The van der Waals surface area contributed by atoms with Crippen LogP contribution in [-0.2, 0) is 6.54 Å². The van der Waals surface area contributed by atoms with Gasteiger partial charge >= 0.3 is 0 Å². The highest BCUT2D eigenvalue weighted by molar-refractivity contribution is 5.94. The maximum absolute atomic E-state index is 12.5. The summed E-state index contributed by atoms with van der Waals surface area (Å²) < 4.78 is 10.8. The van der Waals surface area contributed by atoms with Gasteiger partial charge in [-0.2, -0.15) is 0 Å². The molecule has 0 saturated carbocycles. The zero-order valence-electron chi connectivity index (χ0n) is 17.7. The molecule has 29 heavy (non-hydrogen) atoms. The molecule has 1 saturated heterocycles. The maximum atomic E-state index is 12.5. The molecule has 0 aliphatic carbocycles. The minimum atomic E-state index is -0.00295. The Morgan fingerprint density at radius 3 is 2.48 bits per heavy atom. The van der Waals surface area contributed by atoms with Crippen LogP contribution in [0.15, 0.2) is 42.5 Å². The number of hydrogen-bond donors (Lipinski definition) is 1. The molecule has 2 aromatic carbocycles. The van der Waals surface area contributed by atoms with Crippen LogP contribution in [0.1, 0.15) is 41.3 Å². The minimum Gasteiger partial charge on any atom is -0.497 e. The normalized spacial score (nSPS) is 15.1. The number of piperidine rings is 1. The number of methoxy groups -OCH3 is 1. The topological polar surface area (TPSA) is 50.8 Å². The zero-order chi connectivity index (χ0) is 20.6. The Labute approximate surface area is 174 Å². The van der Waals surface area contributed by atoms with Crippen molar-refractivity contribution in [1.82, 2.24) is 10.2 Å². The van der Waals surface area contributed by atoms with E-state index < -0.39 is 0 Å². The number of nitrogens with zero attached hydrogens (tertiary/aromatic N) is 1. The number of aryl methyl sites for hydroxylation is 1. The fourth-order valence-corrected chi connectivity index (χ4v) is 3.79. The van der Waals surface area contributed by atoms with Crippen LogP contribution in [0.5, 0.6) is 11.5 Å². The van der Waals surface area contributed by atoms with E-state index in [-0.39, 0.29) is 5.91 Å². The molecule has 156 valence electrons. The van der Waals surface area contributed by atoms with Gasteiger partial charge in [-0.05, 0) is 87.2 Å². The summed E-state index contributed by atoms with van der Waals surface area (Å²) in [6, 6.07) is 13.9. The molecular formula is C24H32N2O3. The number of ether oxygens (including phenoxy) is 2. The summed E-state index contributed by atoms with van der Waals surface area (Å²) >= 11 is 0. The maximum Gasteiger partial charge on any atom is 0.251 e. The molecule has 0 bridgehead atoms. The lowest BCUT2D eigenvalue weighted by Gasteiger charge is -2.32. The second-order valence-electron chi connectivity index (χ2n) is 7.69. The zero-order valence-corrected chi connectivity index (χ0v) is 17.7. The summed E-state index contributed by atoms with van der Waals surface area (Å²) in [5.74, 6) is 2.27. The fourth-order valence-electron chi connectivity index (χ4n) is 3.79. The number of hydrogen-bond acceptors (Lipinski definition) is 4. The monoisotopic (exact) mass is 396 g/mol. The minimum absolute atomic E-state index is 0.00295. The van der Waals surface area contributed by atoms with Gasteiger partial charge in [0.25, 0.3) is 5.91 Å². The van der Waals surface area contributed by atoms with Gasteiger partial charge in [0, 0.05) is 18.7 Å². The molecule has 0 unspecified atom stereocenters. The molecule has 1 heterocycles. The van der Waals surface area contributed by atoms with E-state index in [1.807, 2.05) is 44.2 Å². The Morgan fingerprint density at radius 2 is 1.86 bits per heavy atom. The smallest absolute Gasteiger partial charge is 0.251 e. The van der Waals surface area contributed by atoms with Crippen molar-refractivity contribution in [3.63, 3.8) is 0 Å². The second-order valence-corrected chi connectivity index (χ2v) is 7.69. The Morgan fingerprint density at radius 1 is 1.14 bits per heavy atom. The molecule has 0 spiro atoms. The van der Waals surface area contributed by atoms with E-state index in [1.54, 1.807) is 7.11 Å². The summed E-state index contributed by atoms with van der Waals surface area (Å²) in [5.41, 5.74) is 3.00. The fraction of sp³-hybridized carbons (Fsp3) is 0.458. The Kier molecular flexibility index (Phi) is 7.53.